The van der Waals surface area contributed by atoms with E-state index < -0.39 is 6.09 Å². The van der Waals surface area contributed by atoms with Gasteiger partial charge in [-0.2, -0.15) is 0 Å². The molecule has 2 saturated heterocycles. The van der Waals surface area contributed by atoms with Crippen molar-refractivity contribution in [1.29, 1.82) is 0 Å². The number of amides is 3. The number of rotatable bonds is 6. The van der Waals surface area contributed by atoms with Crippen molar-refractivity contribution in [3.05, 3.63) is 69.5 Å². The molecule has 0 radical (unpaired) electrons. The van der Waals surface area contributed by atoms with Crippen LogP contribution in [0.5, 0.6) is 0 Å². The topological polar surface area (TPSA) is 70.2 Å². The van der Waals surface area contributed by atoms with E-state index in [0.29, 0.717) is 54.6 Å². The molecule has 3 fully saturated rings. The van der Waals surface area contributed by atoms with Crippen LogP contribution < -0.4 is 0 Å². The molecule has 2 aliphatic heterocycles. The standard InChI is InChI=1S/C30H34Cl2FN3O4/c1-30(11-12-30)28(38)35-13-9-20(10-14-35)27(37)36-16-23(21-5-8-24(31)25(32)15-21)26(17-36)34(2)29(39)40-18-19-3-6-22(33)7-4-19/h3-8,15,20,23,26H,9-14,16-18H2,1-2H3. The van der Waals surface area contributed by atoms with E-state index in [1.54, 1.807) is 31.3 Å². The van der Waals surface area contributed by atoms with Crippen molar-refractivity contribution in [2.45, 2.75) is 51.2 Å². The third-order valence-corrected chi connectivity index (χ3v) is 9.42. The summed E-state index contributed by atoms with van der Waals surface area (Å²) in [7, 11) is 1.67. The minimum atomic E-state index is -0.533. The Hall–Kier alpha value is -2.84. The van der Waals surface area contributed by atoms with Crippen LogP contribution in [0, 0.1) is 17.2 Å². The Morgan fingerprint density at radius 3 is 2.30 bits per heavy atom. The van der Waals surface area contributed by atoms with Crippen LogP contribution in [0.1, 0.15) is 49.7 Å². The van der Waals surface area contributed by atoms with Gasteiger partial charge in [-0.25, -0.2) is 9.18 Å². The number of benzene rings is 2. The molecule has 3 aliphatic rings. The van der Waals surface area contributed by atoms with Crippen molar-refractivity contribution in [1.82, 2.24) is 14.7 Å². The van der Waals surface area contributed by atoms with Crippen molar-refractivity contribution in [3.8, 4) is 0 Å². The van der Waals surface area contributed by atoms with Gasteiger partial charge < -0.3 is 19.4 Å². The zero-order valence-corrected chi connectivity index (χ0v) is 24.3. The molecule has 2 aromatic carbocycles. The van der Waals surface area contributed by atoms with Gasteiger partial charge in [-0.1, -0.05) is 48.3 Å². The highest BCUT2D eigenvalue weighted by Gasteiger charge is 2.48. The normalized spacial score (nSPS) is 22.2. The highest BCUT2D eigenvalue weighted by molar-refractivity contribution is 6.42. The minimum Gasteiger partial charge on any atom is -0.445 e. The van der Waals surface area contributed by atoms with Crippen molar-refractivity contribution in [3.63, 3.8) is 0 Å². The van der Waals surface area contributed by atoms with Gasteiger partial charge in [-0.3, -0.25) is 9.59 Å². The van der Waals surface area contributed by atoms with Crippen LogP contribution in [-0.2, 0) is 20.9 Å². The number of carbonyl (C=O) groups is 3. The van der Waals surface area contributed by atoms with Gasteiger partial charge in [0.2, 0.25) is 11.8 Å². The maximum atomic E-state index is 13.7. The van der Waals surface area contributed by atoms with Crippen molar-refractivity contribution < 1.29 is 23.5 Å². The molecule has 40 heavy (non-hydrogen) atoms. The minimum absolute atomic E-state index is 0.00655. The fourth-order valence-corrected chi connectivity index (χ4v) is 6.07. The number of hydrogen-bond donors (Lipinski definition) is 0. The lowest BCUT2D eigenvalue weighted by Crippen LogP contribution is -2.46. The summed E-state index contributed by atoms with van der Waals surface area (Å²) < 4.78 is 18.8. The third kappa shape index (κ3) is 6.08. The van der Waals surface area contributed by atoms with Crippen LogP contribution in [-0.4, -0.2) is 71.9 Å². The van der Waals surface area contributed by atoms with Crippen molar-refractivity contribution >= 4 is 41.1 Å². The van der Waals surface area contributed by atoms with Crippen molar-refractivity contribution in [2.75, 3.05) is 33.2 Å². The molecule has 2 unspecified atom stereocenters. The van der Waals surface area contributed by atoms with Crippen LogP contribution in [0.15, 0.2) is 42.5 Å². The summed E-state index contributed by atoms with van der Waals surface area (Å²) in [6.07, 6.45) is 2.61. The Morgan fingerprint density at radius 1 is 1.00 bits per heavy atom. The fourth-order valence-electron chi connectivity index (χ4n) is 5.76. The van der Waals surface area contributed by atoms with Crippen LogP contribution in [0.4, 0.5) is 9.18 Å². The molecule has 0 bridgehead atoms. The van der Waals surface area contributed by atoms with Gasteiger partial charge in [-0.05, 0) is 61.1 Å². The largest absolute Gasteiger partial charge is 0.445 e. The monoisotopic (exact) mass is 589 g/mol. The molecule has 0 aromatic heterocycles. The number of piperidine rings is 1. The molecule has 1 aliphatic carbocycles. The van der Waals surface area contributed by atoms with E-state index in [-0.39, 0.29) is 47.5 Å². The smallest absolute Gasteiger partial charge is 0.410 e. The Labute approximate surface area is 244 Å². The molecule has 2 atom stereocenters. The van der Waals surface area contributed by atoms with Crippen molar-refractivity contribution in [2.24, 2.45) is 11.3 Å². The van der Waals surface area contributed by atoms with E-state index in [2.05, 4.69) is 0 Å². The molecule has 1 saturated carbocycles. The molecule has 7 nitrogen and oxygen atoms in total. The number of ether oxygens (including phenoxy) is 1. The molecule has 2 aromatic rings. The van der Waals surface area contributed by atoms with Gasteiger partial charge in [0, 0.05) is 50.5 Å². The summed E-state index contributed by atoms with van der Waals surface area (Å²) in [5.74, 6) is -0.467. The van der Waals surface area contributed by atoms with Gasteiger partial charge in [0.05, 0.1) is 16.1 Å². The van der Waals surface area contributed by atoms with Gasteiger partial charge in [0.1, 0.15) is 12.4 Å². The zero-order chi connectivity index (χ0) is 28.6. The molecular weight excluding hydrogens is 556 g/mol. The van der Waals surface area contributed by atoms with Crippen LogP contribution in [0.25, 0.3) is 0 Å². The number of nitrogens with zero attached hydrogens (tertiary/aromatic N) is 3. The maximum absolute atomic E-state index is 13.7. The fraction of sp³-hybridized carbons (Fsp3) is 0.500. The molecule has 10 heteroatoms. The Morgan fingerprint density at radius 2 is 1.68 bits per heavy atom. The SMILES string of the molecule is CN(C(=O)OCc1ccc(F)cc1)C1CN(C(=O)C2CCN(C(=O)C3(C)CC3)CC2)CC1c1ccc(Cl)c(Cl)c1. The first-order valence-electron chi connectivity index (χ1n) is 13.7. The number of halogens is 3. The number of hydrogen-bond acceptors (Lipinski definition) is 4. The Bertz CT molecular complexity index is 1280. The number of likely N-dealkylation sites (tertiary alicyclic amines) is 2. The van der Waals surface area contributed by atoms with Crippen LogP contribution in [0.2, 0.25) is 10.0 Å². The second kappa shape index (κ2) is 11.6. The number of carbonyl (C=O) groups excluding carboxylic acids is 3. The van der Waals surface area contributed by atoms with E-state index in [4.69, 9.17) is 27.9 Å². The lowest BCUT2D eigenvalue weighted by molar-refractivity contribution is -0.142. The molecule has 2 heterocycles. The van der Waals surface area contributed by atoms with E-state index in [1.165, 1.54) is 17.0 Å². The van der Waals surface area contributed by atoms with Gasteiger partial charge in [-0.15, -0.1) is 0 Å². The zero-order valence-electron chi connectivity index (χ0n) is 22.7. The lowest BCUT2D eigenvalue weighted by atomic mass is 9.93. The van der Waals surface area contributed by atoms with E-state index >= 15 is 0 Å². The molecular formula is C30H34Cl2FN3O4. The van der Waals surface area contributed by atoms with E-state index in [9.17, 15) is 18.8 Å². The first-order valence-corrected chi connectivity index (χ1v) is 14.5. The second-order valence-electron chi connectivity index (χ2n) is 11.5. The van der Waals surface area contributed by atoms with Crippen LogP contribution in [0.3, 0.4) is 0 Å². The lowest BCUT2D eigenvalue weighted by Gasteiger charge is -2.34. The quantitative estimate of drug-likeness (QED) is 0.431. The molecule has 0 N–H and O–H groups in total. The predicted molar refractivity (Wildman–Crippen MR) is 151 cm³/mol. The Balaban J connectivity index is 1.27. The maximum Gasteiger partial charge on any atom is 0.410 e. The third-order valence-electron chi connectivity index (χ3n) is 8.68. The second-order valence-corrected chi connectivity index (χ2v) is 12.3. The summed E-state index contributed by atoms with van der Waals surface area (Å²) in [6.45, 7) is 3.98. The predicted octanol–water partition coefficient (Wildman–Crippen LogP) is 5.73. The Kier molecular flexibility index (Phi) is 8.30. The summed E-state index contributed by atoms with van der Waals surface area (Å²) in [6, 6.07) is 10.8. The highest BCUT2D eigenvalue weighted by atomic mass is 35.5. The summed E-state index contributed by atoms with van der Waals surface area (Å²) in [5.41, 5.74) is 1.35. The summed E-state index contributed by atoms with van der Waals surface area (Å²) >= 11 is 12.5. The summed E-state index contributed by atoms with van der Waals surface area (Å²) in [4.78, 5) is 44.8. The molecule has 5 rings (SSSR count). The molecule has 214 valence electrons. The molecule has 3 amide bonds. The van der Waals surface area contributed by atoms with E-state index in [1.807, 2.05) is 22.8 Å². The van der Waals surface area contributed by atoms with Crippen LogP contribution >= 0.6 is 23.2 Å². The highest BCUT2D eigenvalue weighted by Crippen LogP contribution is 2.47. The van der Waals surface area contributed by atoms with Gasteiger partial charge in [0.15, 0.2) is 0 Å². The number of likely N-dealkylation sites (N-methyl/N-ethyl adjacent to an activating group) is 1. The molecule has 0 spiro atoms. The first-order chi connectivity index (χ1) is 19.1. The van der Waals surface area contributed by atoms with E-state index in [0.717, 1.165) is 18.4 Å². The first kappa shape index (κ1) is 28.7. The van der Waals surface area contributed by atoms with Gasteiger partial charge >= 0.3 is 6.09 Å². The summed E-state index contributed by atoms with van der Waals surface area (Å²) in [5, 5.41) is 0.840. The average molecular weight is 591 g/mol. The average Bonchev–Trinajstić information content (AvgIpc) is 3.56. The van der Waals surface area contributed by atoms with Gasteiger partial charge in [0.25, 0.3) is 0 Å².